The zero-order valence-electron chi connectivity index (χ0n) is 15.8. The van der Waals surface area contributed by atoms with Crippen LogP contribution in [0.1, 0.15) is 28.8 Å². The number of carbonyl (C=O) groups is 1. The maximum absolute atomic E-state index is 13.4. The normalized spacial score (nSPS) is 26.4. The van der Waals surface area contributed by atoms with E-state index in [0.29, 0.717) is 24.7 Å². The Morgan fingerprint density at radius 3 is 2.57 bits per heavy atom. The highest BCUT2D eigenvalue weighted by Crippen LogP contribution is 2.39. The van der Waals surface area contributed by atoms with Crippen LogP contribution in [0.5, 0.6) is 0 Å². The van der Waals surface area contributed by atoms with Gasteiger partial charge in [-0.1, -0.05) is 0 Å². The molecule has 1 amide bonds. The molecule has 0 spiro atoms. The Morgan fingerprint density at radius 1 is 1.17 bits per heavy atom. The van der Waals surface area contributed by atoms with E-state index in [4.69, 9.17) is 0 Å². The van der Waals surface area contributed by atoms with Gasteiger partial charge >= 0.3 is 6.18 Å². The van der Waals surface area contributed by atoms with Crippen molar-refractivity contribution in [1.82, 2.24) is 14.9 Å². The second kappa shape index (κ2) is 7.82. The molecule has 2 N–H and O–H groups in total. The first-order chi connectivity index (χ1) is 14.2. The van der Waals surface area contributed by atoms with Crippen LogP contribution in [0.4, 0.5) is 23.4 Å². The van der Waals surface area contributed by atoms with Crippen LogP contribution in [-0.2, 0) is 6.18 Å². The summed E-state index contributed by atoms with van der Waals surface area (Å²) in [6.07, 6.45) is 0.0440. The van der Waals surface area contributed by atoms with Crippen LogP contribution >= 0.6 is 0 Å². The number of anilines is 1. The van der Waals surface area contributed by atoms with Crippen molar-refractivity contribution in [2.75, 3.05) is 18.4 Å². The van der Waals surface area contributed by atoms with E-state index in [1.165, 1.54) is 23.5 Å². The van der Waals surface area contributed by atoms with Gasteiger partial charge in [-0.2, -0.15) is 13.2 Å². The van der Waals surface area contributed by atoms with Gasteiger partial charge < -0.3 is 15.3 Å². The lowest BCUT2D eigenvalue weighted by Gasteiger charge is -2.35. The highest BCUT2D eigenvalue weighted by Gasteiger charge is 2.44. The number of nitrogens with one attached hydrogen (secondary N) is 1. The van der Waals surface area contributed by atoms with E-state index in [0.717, 1.165) is 12.1 Å². The number of nitrogens with zero attached hydrogens (tertiary/aromatic N) is 3. The summed E-state index contributed by atoms with van der Waals surface area (Å²) in [4.78, 5) is 22.3. The zero-order chi connectivity index (χ0) is 21.5. The van der Waals surface area contributed by atoms with Crippen molar-refractivity contribution >= 4 is 11.7 Å². The number of likely N-dealkylation sites (tertiary alicyclic amines) is 1. The fraction of sp³-hybridized carbons (Fsp3) is 0.450. The standard InChI is InChI=1S/C20H20F4N4O2/c21-13-1-2-14(15(7-13)20(22,23)24)19(30)28-9-11-5-16(17(29)6-12(11)10-28)27-18-8-25-3-4-26-18/h1-4,7-8,11-12,16-17,29H,5-6,9-10H2,(H,26,27)/t11-,12+,16-,17-/m1/s1. The first-order valence-electron chi connectivity index (χ1n) is 9.59. The summed E-state index contributed by atoms with van der Waals surface area (Å²) in [5.74, 6) is -1.29. The Bertz CT molecular complexity index is 925. The van der Waals surface area contributed by atoms with Gasteiger partial charge in [-0.05, 0) is 42.9 Å². The second-order valence-electron chi connectivity index (χ2n) is 7.80. The topological polar surface area (TPSA) is 78.4 Å². The Kier molecular flexibility index (Phi) is 5.35. The number of halogens is 4. The van der Waals surface area contributed by atoms with Gasteiger partial charge in [0.2, 0.25) is 0 Å². The Balaban J connectivity index is 1.49. The quantitative estimate of drug-likeness (QED) is 0.741. The minimum atomic E-state index is -4.83. The Morgan fingerprint density at radius 2 is 1.90 bits per heavy atom. The molecule has 30 heavy (non-hydrogen) atoms. The maximum atomic E-state index is 13.4. The van der Waals surface area contributed by atoms with Crippen LogP contribution in [0.15, 0.2) is 36.8 Å². The van der Waals surface area contributed by atoms with E-state index in [-0.39, 0.29) is 31.0 Å². The lowest BCUT2D eigenvalue weighted by molar-refractivity contribution is -0.138. The number of aliphatic hydroxyl groups excluding tert-OH is 1. The van der Waals surface area contributed by atoms with Crippen molar-refractivity contribution in [3.8, 4) is 0 Å². The smallest absolute Gasteiger partial charge is 0.391 e. The number of hydrogen-bond donors (Lipinski definition) is 2. The van der Waals surface area contributed by atoms with Crippen LogP contribution in [0.3, 0.4) is 0 Å². The number of carbonyl (C=O) groups excluding carboxylic acids is 1. The maximum Gasteiger partial charge on any atom is 0.417 e. The summed E-state index contributed by atoms with van der Waals surface area (Å²) in [5.41, 5.74) is -1.83. The van der Waals surface area contributed by atoms with Gasteiger partial charge in [0.25, 0.3) is 5.91 Å². The largest absolute Gasteiger partial charge is 0.417 e. The molecule has 0 unspecified atom stereocenters. The number of amides is 1. The van der Waals surface area contributed by atoms with Crippen molar-refractivity contribution in [1.29, 1.82) is 0 Å². The molecule has 2 fully saturated rings. The lowest BCUT2D eigenvalue weighted by atomic mass is 9.77. The van der Waals surface area contributed by atoms with Crippen LogP contribution in [-0.4, -0.2) is 51.1 Å². The van der Waals surface area contributed by atoms with Crippen molar-refractivity contribution < 1.29 is 27.5 Å². The number of aromatic nitrogens is 2. The molecule has 2 aliphatic rings. The summed E-state index contributed by atoms with van der Waals surface area (Å²) in [7, 11) is 0. The van der Waals surface area contributed by atoms with E-state index in [1.54, 1.807) is 0 Å². The van der Waals surface area contributed by atoms with Gasteiger partial charge in [0, 0.05) is 25.5 Å². The lowest BCUT2D eigenvalue weighted by Crippen LogP contribution is -2.43. The molecule has 160 valence electrons. The molecular weight excluding hydrogens is 404 g/mol. The predicted molar refractivity (Wildman–Crippen MR) is 99.0 cm³/mol. The average Bonchev–Trinajstić information content (AvgIpc) is 3.10. The van der Waals surface area contributed by atoms with E-state index < -0.39 is 35.1 Å². The second-order valence-corrected chi connectivity index (χ2v) is 7.80. The monoisotopic (exact) mass is 424 g/mol. The predicted octanol–water partition coefficient (Wildman–Crippen LogP) is 2.96. The van der Waals surface area contributed by atoms with Crippen LogP contribution < -0.4 is 5.32 Å². The van der Waals surface area contributed by atoms with Gasteiger partial charge in [0.05, 0.1) is 29.5 Å². The minimum Gasteiger partial charge on any atom is -0.391 e. The van der Waals surface area contributed by atoms with Gasteiger partial charge in [0.15, 0.2) is 0 Å². The summed E-state index contributed by atoms with van der Waals surface area (Å²) >= 11 is 0. The SMILES string of the molecule is O=C(c1ccc(F)cc1C(F)(F)F)N1C[C@H]2C[C@@H](Nc3cnccn3)[C@H](O)C[C@H]2C1. The molecule has 0 radical (unpaired) electrons. The molecule has 6 nitrogen and oxygen atoms in total. The van der Waals surface area contributed by atoms with E-state index in [2.05, 4.69) is 15.3 Å². The summed E-state index contributed by atoms with van der Waals surface area (Å²) in [5, 5.41) is 13.6. The van der Waals surface area contributed by atoms with E-state index in [9.17, 15) is 27.5 Å². The van der Waals surface area contributed by atoms with Crippen LogP contribution in [0, 0.1) is 17.7 Å². The molecule has 10 heteroatoms. The molecule has 2 aromatic rings. The molecule has 1 saturated heterocycles. The first kappa shape index (κ1) is 20.5. The molecular formula is C20H20F4N4O2. The number of alkyl halides is 3. The third kappa shape index (κ3) is 4.09. The Labute approximate surface area is 169 Å². The summed E-state index contributed by atoms with van der Waals surface area (Å²) < 4.78 is 53.2. The molecule has 1 aliphatic carbocycles. The summed E-state index contributed by atoms with van der Waals surface area (Å²) in [6.45, 7) is 0.538. The number of fused-ring (bicyclic) bond motifs is 1. The fourth-order valence-electron chi connectivity index (χ4n) is 4.42. The van der Waals surface area contributed by atoms with E-state index >= 15 is 0 Å². The molecule has 0 bridgehead atoms. The van der Waals surface area contributed by atoms with Crippen molar-refractivity contribution in [3.63, 3.8) is 0 Å². The number of rotatable bonds is 3. The third-order valence-corrected chi connectivity index (χ3v) is 5.84. The highest BCUT2D eigenvalue weighted by atomic mass is 19.4. The number of aliphatic hydroxyl groups is 1. The number of hydrogen-bond acceptors (Lipinski definition) is 5. The third-order valence-electron chi connectivity index (χ3n) is 5.84. The van der Waals surface area contributed by atoms with Gasteiger partial charge in [0.1, 0.15) is 11.6 Å². The van der Waals surface area contributed by atoms with Crippen molar-refractivity contribution in [2.24, 2.45) is 11.8 Å². The van der Waals surface area contributed by atoms with Gasteiger partial charge in [-0.15, -0.1) is 0 Å². The number of benzene rings is 1. The van der Waals surface area contributed by atoms with Crippen molar-refractivity contribution in [3.05, 3.63) is 53.7 Å². The molecule has 1 aromatic heterocycles. The highest BCUT2D eigenvalue weighted by molar-refractivity contribution is 5.96. The van der Waals surface area contributed by atoms with Crippen molar-refractivity contribution in [2.45, 2.75) is 31.2 Å². The zero-order valence-corrected chi connectivity index (χ0v) is 15.8. The van der Waals surface area contributed by atoms with Gasteiger partial charge in [-0.25, -0.2) is 9.37 Å². The molecule has 1 aromatic carbocycles. The van der Waals surface area contributed by atoms with Crippen LogP contribution in [0.25, 0.3) is 0 Å². The summed E-state index contributed by atoms with van der Waals surface area (Å²) in [6, 6.07) is 1.79. The minimum absolute atomic E-state index is 0.0151. The molecule has 2 heterocycles. The Hall–Kier alpha value is -2.75. The first-order valence-corrected chi connectivity index (χ1v) is 9.59. The van der Waals surface area contributed by atoms with Crippen LogP contribution in [0.2, 0.25) is 0 Å². The van der Waals surface area contributed by atoms with Gasteiger partial charge in [-0.3, -0.25) is 9.78 Å². The fourth-order valence-corrected chi connectivity index (χ4v) is 4.42. The molecule has 4 atom stereocenters. The molecule has 1 saturated carbocycles. The molecule has 1 aliphatic heterocycles. The van der Waals surface area contributed by atoms with E-state index in [1.807, 2.05) is 0 Å². The molecule has 4 rings (SSSR count). The average molecular weight is 424 g/mol.